The summed E-state index contributed by atoms with van der Waals surface area (Å²) in [6.45, 7) is 1.85. The Morgan fingerprint density at radius 2 is 1.81 bits per heavy atom. The van der Waals surface area contributed by atoms with E-state index in [1.54, 1.807) is 65.5 Å². The molecule has 0 saturated heterocycles. The van der Waals surface area contributed by atoms with Gasteiger partial charge >= 0.3 is 0 Å². The van der Waals surface area contributed by atoms with Crippen LogP contribution in [0.25, 0.3) is 11.3 Å². The van der Waals surface area contributed by atoms with Gasteiger partial charge in [0, 0.05) is 17.2 Å². The van der Waals surface area contributed by atoms with E-state index in [0.29, 0.717) is 33.7 Å². The molecule has 1 N–H and O–H groups in total. The van der Waals surface area contributed by atoms with Crippen molar-refractivity contribution in [3.05, 3.63) is 93.8 Å². The van der Waals surface area contributed by atoms with Crippen molar-refractivity contribution in [2.75, 3.05) is 5.32 Å². The van der Waals surface area contributed by atoms with Gasteiger partial charge < -0.3 is 9.73 Å². The Balaban J connectivity index is 1.49. The lowest BCUT2D eigenvalue weighted by molar-refractivity contribution is 0.0993. The van der Waals surface area contributed by atoms with Crippen LogP contribution in [-0.4, -0.2) is 21.5 Å². The number of ketones is 1. The zero-order valence-corrected chi connectivity index (χ0v) is 17.9. The molecule has 31 heavy (non-hydrogen) atoms. The van der Waals surface area contributed by atoms with Crippen molar-refractivity contribution >= 4 is 40.7 Å². The highest BCUT2D eigenvalue weighted by Gasteiger charge is 2.16. The molecular weight excluding hydrogens is 437 g/mol. The summed E-state index contributed by atoms with van der Waals surface area (Å²) in [4.78, 5) is 24.1. The lowest BCUT2D eigenvalue weighted by atomic mass is 10.1. The van der Waals surface area contributed by atoms with Crippen molar-refractivity contribution in [2.45, 2.75) is 13.5 Å². The molecule has 4 aromatic rings. The first-order valence-electron chi connectivity index (χ1n) is 9.39. The van der Waals surface area contributed by atoms with Gasteiger partial charge in [0.2, 0.25) is 0 Å². The first-order valence-corrected chi connectivity index (χ1v) is 10.2. The maximum atomic E-state index is 12.7. The van der Waals surface area contributed by atoms with Crippen LogP contribution < -0.4 is 5.32 Å². The Morgan fingerprint density at radius 1 is 1.03 bits per heavy atom. The van der Waals surface area contributed by atoms with Crippen LogP contribution in [0.2, 0.25) is 10.0 Å². The molecule has 0 spiro atoms. The average Bonchev–Trinajstić information content (AvgIpc) is 3.41. The van der Waals surface area contributed by atoms with Crippen LogP contribution in [0.5, 0.6) is 0 Å². The second-order valence-electron chi connectivity index (χ2n) is 6.84. The van der Waals surface area contributed by atoms with Crippen LogP contribution in [0.1, 0.15) is 33.4 Å². The number of hydrogen-bond acceptors (Lipinski definition) is 4. The summed E-state index contributed by atoms with van der Waals surface area (Å²) >= 11 is 12.3. The Labute approximate surface area is 188 Å². The first kappa shape index (κ1) is 20.9. The highest BCUT2D eigenvalue weighted by atomic mass is 35.5. The number of Topliss-reactive ketones (excluding diaryl/α,β-unsaturated/α-hetero) is 1. The largest absolute Gasteiger partial charge is 0.451 e. The molecule has 4 rings (SSSR count). The number of hydrogen-bond donors (Lipinski definition) is 1. The van der Waals surface area contributed by atoms with Crippen LogP contribution in [0.4, 0.5) is 5.82 Å². The molecule has 0 saturated carbocycles. The molecule has 0 fully saturated rings. The summed E-state index contributed by atoms with van der Waals surface area (Å²) in [6, 6.07) is 17.3. The SMILES string of the molecule is CC(=O)c1ccc(-c2ccc(C(=O)Nc3ccnn3Cc3cccc(Cl)c3Cl)o2)cc1. The molecule has 0 unspecified atom stereocenters. The summed E-state index contributed by atoms with van der Waals surface area (Å²) in [6.07, 6.45) is 1.58. The summed E-state index contributed by atoms with van der Waals surface area (Å²) in [5.74, 6) is 0.746. The van der Waals surface area contributed by atoms with Crippen molar-refractivity contribution < 1.29 is 14.0 Å². The standard InChI is InChI=1S/C23H17Cl2N3O3/c1-14(29)15-5-7-16(8-6-15)19-9-10-20(31-19)23(30)27-21-11-12-26-28(21)13-17-3-2-4-18(24)22(17)25/h2-12H,13H2,1H3,(H,27,30). The third kappa shape index (κ3) is 4.55. The molecule has 6 nitrogen and oxygen atoms in total. The van der Waals surface area contributed by atoms with E-state index in [0.717, 1.165) is 11.1 Å². The van der Waals surface area contributed by atoms with E-state index < -0.39 is 5.91 Å². The second kappa shape index (κ2) is 8.79. The number of furan rings is 1. The molecule has 2 heterocycles. The number of nitrogens with one attached hydrogen (secondary N) is 1. The summed E-state index contributed by atoms with van der Waals surface area (Å²) < 4.78 is 7.32. The third-order valence-corrected chi connectivity index (χ3v) is 5.57. The minimum Gasteiger partial charge on any atom is -0.451 e. The van der Waals surface area contributed by atoms with Gasteiger partial charge in [-0.15, -0.1) is 0 Å². The van der Waals surface area contributed by atoms with Gasteiger partial charge in [0.15, 0.2) is 11.5 Å². The summed E-state index contributed by atoms with van der Waals surface area (Å²) in [7, 11) is 0. The van der Waals surface area contributed by atoms with E-state index >= 15 is 0 Å². The fraction of sp³-hybridized carbons (Fsp3) is 0.0870. The van der Waals surface area contributed by atoms with Gasteiger partial charge in [0.25, 0.3) is 5.91 Å². The van der Waals surface area contributed by atoms with Crippen molar-refractivity contribution in [1.29, 1.82) is 0 Å². The van der Waals surface area contributed by atoms with E-state index in [4.69, 9.17) is 27.6 Å². The summed E-state index contributed by atoms with van der Waals surface area (Å²) in [5.41, 5.74) is 2.16. The molecule has 0 radical (unpaired) electrons. The number of carbonyl (C=O) groups is 2. The lowest BCUT2D eigenvalue weighted by Crippen LogP contribution is -2.15. The molecule has 2 aromatic carbocycles. The van der Waals surface area contributed by atoms with Gasteiger partial charge in [-0.05, 0) is 30.7 Å². The topological polar surface area (TPSA) is 77.1 Å². The van der Waals surface area contributed by atoms with E-state index in [-0.39, 0.29) is 11.5 Å². The smallest absolute Gasteiger partial charge is 0.292 e. The van der Waals surface area contributed by atoms with Gasteiger partial charge in [0.05, 0.1) is 22.8 Å². The normalized spacial score (nSPS) is 10.8. The van der Waals surface area contributed by atoms with Crippen molar-refractivity contribution in [3.63, 3.8) is 0 Å². The third-order valence-electron chi connectivity index (χ3n) is 4.72. The van der Waals surface area contributed by atoms with Gasteiger partial charge in [-0.25, -0.2) is 4.68 Å². The second-order valence-corrected chi connectivity index (χ2v) is 7.62. The van der Waals surface area contributed by atoms with Gasteiger partial charge in [-0.1, -0.05) is 59.6 Å². The molecule has 1 amide bonds. The van der Waals surface area contributed by atoms with E-state index in [1.165, 1.54) is 6.92 Å². The Hall–Kier alpha value is -3.35. The average molecular weight is 454 g/mol. The van der Waals surface area contributed by atoms with Crippen LogP contribution in [0, 0.1) is 0 Å². The maximum absolute atomic E-state index is 12.7. The number of aromatic nitrogens is 2. The summed E-state index contributed by atoms with van der Waals surface area (Å²) in [5, 5.41) is 7.95. The minimum absolute atomic E-state index is 0.0123. The molecule has 0 bridgehead atoms. The fourth-order valence-electron chi connectivity index (χ4n) is 3.06. The number of nitrogens with zero attached hydrogens (tertiary/aromatic N) is 2. The molecule has 0 atom stereocenters. The highest BCUT2D eigenvalue weighted by molar-refractivity contribution is 6.42. The van der Waals surface area contributed by atoms with Crippen LogP contribution >= 0.6 is 23.2 Å². The van der Waals surface area contributed by atoms with Crippen LogP contribution in [-0.2, 0) is 6.54 Å². The van der Waals surface area contributed by atoms with Crippen molar-refractivity contribution in [2.24, 2.45) is 0 Å². The van der Waals surface area contributed by atoms with E-state index in [2.05, 4.69) is 10.4 Å². The first-order chi connectivity index (χ1) is 14.9. The van der Waals surface area contributed by atoms with E-state index in [9.17, 15) is 9.59 Å². The molecule has 0 aliphatic rings. The number of carbonyl (C=O) groups excluding carboxylic acids is 2. The number of anilines is 1. The van der Waals surface area contributed by atoms with Gasteiger partial charge in [-0.3, -0.25) is 9.59 Å². The Kier molecular flexibility index (Phi) is 5.93. The molecule has 2 aromatic heterocycles. The van der Waals surface area contributed by atoms with Gasteiger partial charge in [-0.2, -0.15) is 5.10 Å². The Morgan fingerprint density at radius 3 is 2.55 bits per heavy atom. The quantitative estimate of drug-likeness (QED) is 0.365. The predicted octanol–water partition coefficient (Wildman–Crippen LogP) is 5.95. The number of amides is 1. The van der Waals surface area contributed by atoms with Crippen molar-refractivity contribution in [3.8, 4) is 11.3 Å². The van der Waals surface area contributed by atoms with Gasteiger partial charge in [0.1, 0.15) is 11.6 Å². The minimum atomic E-state index is -0.412. The zero-order valence-electron chi connectivity index (χ0n) is 16.4. The molecule has 0 aliphatic heterocycles. The van der Waals surface area contributed by atoms with Crippen LogP contribution in [0.3, 0.4) is 0 Å². The Bertz CT molecular complexity index is 1260. The van der Waals surface area contributed by atoms with Crippen molar-refractivity contribution in [1.82, 2.24) is 9.78 Å². The maximum Gasteiger partial charge on any atom is 0.292 e. The number of benzene rings is 2. The molecule has 0 aliphatic carbocycles. The fourth-order valence-corrected chi connectivity index (χ4v) is 3.44. The molecule has 8 heteroatoms. The highest BCUT2D eigenvalue weighted by Crippen LogP contribution is 2.27. The number of halogens is 2. The number of rotatable bonds is 6. The molecular formula is C23H17Cl2N3O3. The lowest BCUT2D eigenvalue weighted by Gasteiger charge is -2.10. The van der Waals surface area contributed by atoms with Crippen LogP contribution in [0.15, 0.2) is 71.3 Å². The zero-order chi connectivity index (χ0) is 22.0. The van der Waals surface area contributed by atoms with E-state index in [1.807, 2.05) is 6.07 Å². The predicted molar refractivity (Wildman–Crippen MR) is 120 cm³/mol. The molecule has 156 valence electrons. The monoisotopic (exact) mass is 453 g/mol.